The van der Waals surface area contributed by atoms with Crippen molar-refractivity contribution in [3.8, 4) is 5.75 Å². The van der Waals surface area contributed by atoms with Crippen molar-refractivity contribution in [3.05, 3.63) is 65.7 Å². The van der Waals surface area contributed by atoms with Crippen LogP contribution in [-0.2, 0) is 16.1 Å². The molecule has 0 radical (unpaired) electrons. The number of para-hydroxylation sites is 1. The molecule has 3 rings (SSSR count). The summed E-state index contributed by atoms with van der Waals surface area (Å²) >= 11 is 0. The van der Waals surface area contributed by atoms with Crippen LogP contribution in [0.25, 0.3) is 0 Å². The van der Waals surface area contributed by atoms with Gasteiger partial charge in [0.25, 0.3) is 0 Å². The Labute approximate surface area is 146 Å². The van der Waals surface area contributed by atoms with Crippen LogP contribution in [0.2, 0.25) is 0 Å². The molecule has 1 atom stereocenters. The third kappa shape index (κ3) is 4.73. The van der Waals surface area contributed by atoms with Gasteiger partial charge in [-0.05, 0) is 11.6 Å². The van der Waals surface area contributed by atoms with E-state index < -0.39 is 6.09 Å². The van der Waals surface area contributed by atoms with Crippen molar-refractivity contribution in [2.75, 3.05) is 19.7 Å². The minimum atomic E-state index is -0.617. The Hall–Kier alpha value is -3.02. The number of fused-ring (bicyclic) bond motifs is 1. The molecular formula is C19H20N2O4. The number of hydrogen-bond donors (Lipinski definition) is 2. The maximum Gasteiger partial charge on any atom is 0.407 e. The third-order valence-corrected chi connectivity index (χ3v) is 3.95. The molecule has 0 spiro atoms. The molecule has 0 saturated carbocycles. The molecular weight excluding hydrogens is 320 g/mol. The van der Waals surface area contributed by atoms with Crippen LogP contribution in [-0.4, -0.2) is 31.7 Å². The fourth-order valence-corrected chi connectivity index (χ4v) is 2.62. The van der Waals surface area contributed by atoms with Gasteiger partial charge in [0.1, 0.15) is 12.4 Å². The zero-order valence-corrected chi connectivity index (χ0v) is 13.7. The average molecular weight is 340 g/mol. The van der Waals surface area contributed by atoms with E-state index in [0.29, 0.717) is 13.2 Å². The molecule has 1 aliphatic rings. The first-order valence-electron chi connectivity index (χ1n) is 8.15. The van der Waals surface area contributed by atoms with Crippen LogP contribution in [0.3, 0.4) is 0 Å². The summed E-state index contributed by atoms with van der Waals surface area (Å²) in [6.45, 7) is 1.07. The Balaban J connectivity index is 1.35. The third-order valence-electron chi connectivity index (χ3n) is 3.95. The fraction of sp³-hybridized carbons (Fsp3) is 0.263. The number of rotatable bonds is 6. The number of amides is 2. The van der Waals surface area contributed by atoms with Crippen LogP contribution in [0.1, 0.15) is 17.0 Å². The Morgan fingerprint density at radius 2 is 1.80 bits per heavy atom. The quantitative estimate of drug-likeness (QED) is 0.845. The second kappa shape index (κ2) is 8.19. The summed E-state index contributed by atoms with van der Waals surface area (Å²) in [5.41, 5.74) is 1.99. The van der Waals surface area contributed by atoms with Crippen molar-refractivity contribution in [2.24, 2.45) is 0 Å². The summed E-state index contributed by atoms with van der Waals surface area (Å²) in [5.74, 6) is 0.732. The lowest BCUT2D eigenvalue weighted by molar-refractivity contribution is -0.120. The summed E-state index contributed by atoms with van der Waals surface area (Å²) in [4.78, 5) is 23.5. The van der Waals surface area contributed by atoms with Crippen LogP contribution in [0, 0.1) is 0 Å². The number of carbonyl (C=O) groups excluding carboxylic acids is 2. The number of ether oxygens (including phenoxy) is 2. The SMILES string of the molecule is O=C(CNC(=O)OCc1ccccc1)NC[C@@H]1COc2ccccc21. The number of hydrogen-bond acceptors (Lipinski definition) is 4. The minimum Gasteiger partial charge on any atom is -0.493 e. The van der Waals surface area contributed by atoms with E-state index in [0.717, 1.165) is 16.9 Å². The van der Waals surface area contributed by atoms with Crippen molar-refractivity contribution >= 4 is 12.0 Å². The van der Waals surface area contributed by atoms with Crippen LogP contribution >= 0.6 is 0 Å². The Kier molecular flexibility index (Phi) is 5.51. The van der Waals surface area contributed by atoms with Gasteiger partial charge in [0.2, 0.25) is 5.91 Å². The first kappa shape index (κ1) is 16.8. The highest BCUT2D eigenvalue weighted by molar-refractivity contribution is 5.82. The first-order chi connectivity index (χ1) is 12.2. The van der Waals surface area contributed by atoms with E-state index in [9.17, 15) is 9.59 Å². The smallest absolute Gasteiger partial charge is 0.407 e. The topological polar surface area (TPSA) is 76.7 Å². The second-order valence-corrected chi connectivity index (χ2v) is 5.77. The van der Waals surface area contributed by atoms with Gasteiger partial charge in [0.15, 0.2) is 0 Å². The van der Waals surface area contributed by atoms with Gasteiger partial charge in [-0.15, -0.1) is 0 Å². The van der Waals surface area contributed by atoms with Gasteiger partial charge in [0, 0.05) is 18.0 Å². The molecule has 0 aromatic heterocycles. The van der Waals surface area contributed by atoms with Crippen molar-refractivity contribution < 1.29 is 19.1 Å². The Morgan fingerprint density at radius 1 is 1.04 bits per heavy atom. The average Bonchev–Trinajstić information content (AvgIpc) is 3.07. The molecule has 6 heteroatoms. The zero-order valence-electron chi connectivity index (χ0n) is 13.7. The van der Waals surface area contributed by atoms with E-state index in [4.69, 9.17) is 9.47 Å². The Morgan fingerprint density at radius 3 is 2.64 bits per heavy atom. The van der Waals surface area contributed by atoms with E-state index in [2.05, 4.69) is 10.6 Å². The predicted octanol–water partition coefficient (Wildman–Crippen LogP) is 2.21. The van der Waals surface area contributed by atoms with Crippen LogP contribution in [0.4, 0.5) is 4.79 Å². The normalized spacial score (nSPS) is 15.0. The highest BCUT2D eigenvalue weighted by Gasteiger charge is 2.23. The monoisotopic (exact) mass is 340 g/mol. The van der Waals surface area contributed by atoms with Gasteiger partial charge in [-0.3, -0.25) is 4.79 Å². The molecule has 0 fully saturated rings. The molecule has 0 aliphatic carbocycles. The number of carbonyl (C=O) groups is 2. The van der Waals surface area contributed by atoms with Gasteiger partial charge in [-0.1, -0.05) is 48.5 Å². The van der Waals surface area contributed by atoms with Gasteiger partial charge >= 0.3 is 6.09 Å². The lowest BCUT2D eigenvalue weighted by Gasteiger charge is -2.11. The van der Waals surface area contributed by atoms with Gasteiger partial charge < -0.3 is 20.1 Å². The Bertz CT molecular complexity index is 733. The van der Waals surface area contributed by atoms with E-state index in [-0.39, 0.29) is 25.0 Å². The molecule has 1 aliphatic heterocycles. The molecule has 6 nitrogen and oxygen atoms in total. The molecule has 0 unspecified atom stereocenters. The van der Waals surface area contributed by atoms with Crippen LogP contribution < -0.4 is 15.4 Å². The molecule has 2 aromatic carbocycles. The summed E-state index contributed by atoms with van der Waals surface area (Å²) in [6, 6.07) is 17.1. The predicted molar refractivity (Wildman–Crippen MR) is 92.3 cm³/mol. The van der Waals surface area contributed by atoms with Crippen molar-refractivity contribution in [1.82, 2.24) is 10.6 Å². The molecule has 130 valence electrons. The summed E-state index contributed by atoms with van der Waals surface area (Å²) in [6.07, 6.45) is -0.617. The largest absolute Gasteiger partial charge is 0.493 e. The highest BCUT2D eigenvalue weighted by Crippen LogP contribution is 2.32. The summed E-state index contributed by atoms with van der Waals surface area (Å²) in [7, 11) is 0. The van der Waals surface area contributed by atoms with Gasteiger partial charge in [-0.25, -0.2) is 4.79 Å². The van der Waals surface area contributed by atoms with Gasteiger partial charge in [0.05, 0.1) is 13.2 Å². The molecule has 1 heterocycles. The summed E-state index contributed by atoms with van der Waals surface area (Å²) < 4.78 is 10.6. The van der Waals surface area contributed by atoms with Gasteiger partial charge in [-0.2, -0.15) is 0 Å². The number of nitrogens with one attached hydrogen (secondary N) is 2. The van der Waals surface area contributed by atoms with E-state index in [1.165, 1.54) is 0 Å². The minimum absolute atomic E-state index is 0.122. The van der Waals surface area contributed by atoms with Crippen molar-refractivity contribution in [3.63, 3.8) is 0 Å². The number of alkyl carbamates (subject to hydrolysis) is 1. The number of benzene rings is 2. The maximum atomic E-state index is 11.9. The molecule has 0 bridgehead atoms. The lowest BCUT2D eigenvalue weighted by atomic mass is 10.0. The van der Waals surface area contributed by atoms with E-state index >= 15 is 0 Å². The second-order valence-electron chi connectivity index (χ2n) is 5.77. The molecule has 0 saturated heterocycles. The lowest BCUT2D eigenvalue weighted by Crippen LogP contribution is -2.38. The van der Waals surface area contributed by atoms with E-state index in [1.54, 1.807) is 0 Å². The van der Waals surface area contributed by atoms with Crippen molar-refractivity contribution in [1.29, 1.82) is 0 Å². The first-order valence-corrected chi connectivity index (χ1v) is 8.15. The van der Waals surface area contributed by atoms with Crippen LogP contribution in [0.15, 0.2) is 54.6 Å². The van der Waals surface area contributed by atoms with Crippen LogP contribution in [0.5, 0.6) is 5.75 Å². The standard InChI is InChI=1S/C19H20N2O4/c22-18(11-21-19(23)25-12-14-6-2-1-3-7-14)20-10-15-13-24-17-9-5-4-8-16(15)17/h1-9,15H,10-13H2,(H,20,22)(H,21,23)/t15-/m1/s1. The highest BCUT2D eigenvalue weighted by atomic mass is 16.5. The molecule has 25 heavy (non-hydrogen) atoms. The zero-order chi connectivity index (χ0) is 17.5. The van der Waals surface area contributed by atoms with Crippen molar-refractivity contribution in [2.45, 2.75) is 12.5 Å². The van der Waals surface area contributed by atoms with E-state index in [1.807, 2.05) is 54.6 Å². The summed E-state index contributed by atoms with van der Waals surface area (Å²) in [5, 5.41) is 5.25. The molecule has 2 amide bonds. The fourth-order valence-electron chi connectivity index (χ4n) is 2.62. The maximum absolute atomic E-state index is 11.9. The molecule has 2 aromatic rings. The molecule has 2 N–H and O–H groups in total.